The molecule has 0 bridgehead atoms. The summed E-state index contributed by atoms with van der Waals surface area (Å²) in [4.78, 5) is 11.7. The summed E-state index contributed by atoms with van der Waals surface area (Å²) in [7, 11) is 0. The van der Waals surface area contributed by atoms with Crippen LogP contribution in [0.4, 0.5) is 0 Å². The fourth-order valence-electron chi connectivity index (χ4n) is 1.93. The van der Waals surface area contributed by atoms with Crippen molar-refractivity contribution in [2.45, 2.75) is 45.1 Å². The van der Waals surface area contributed by atoms with Crippen LogP contribution in [0.3, 0.4) is 0 Å². The first-order valence-electron chi connectivity index (χ1n) is 6.19. The minimum absolute atomic E-state index is 0.0674. The maximum Gasteiger partial charge on any atom is 0.225 e. The van der Waals surface area contributed by atoms with Crippen LogP contribution in [0.25, 0.3) is 0 Å². The van der Waals surface area contributed by atoms with Gasteiger partial charge in [-0.25, -0.2) is 0 Å². The molecule has 1 rings (SSSR count). The summed E-state index contributed by atoms with van der Waals surface area (Å²) < 4.78 is 5.37. The molecule has 0 aliphatic carbocycles. The van der Waals surface area contributed by atoms with Crippen molar-refractivity contribution in [2.24, 2.45) is 5.92 Å². The Balaban J connectivity index is 1.98. The number of carbonyl (C=O) groups is 1. The van der Waals surface area contributed by atoms with Crippen LogP contribution in [-0.2, 0) is 9.53 Å². The van der Waals surface area contributed by atoms with Crippen molar-refractivity contribution in [1.29, 1.82) is 0 Å². The largest absolute Gasteiger partial charge is 0.378 e. The highest BCUT2D eigenvalue weighted by molar-refractivity contribution is 6.17. The van der Waals surface area contributed by atoms with Gasteiger partial charge in [0.1, 0.15) is 0 Å². The van der Waals surface area contributed by atoms with E-state index < -0.39 is 0 Å². The molecule has 1 amide bonds. The summed E-state index contributed by atoms with van der Waals surface area (Å²) in [5.41, 5.74) is 0. The first-order chi connectivity index (χ1) is 7.74. The minimum atomic E-state index is 0.0674. The summed E-state index contributed by atoms with van der Waals surface area (Å²) >= 11 is 5.58. The Morgan fingerprint density at radius 3 is 2.75 bits per heavy atom. The number of nitrogens with one attached hydrogen (secondary N) is 1. The second-order valence-corrected chi connectivity index (χ2v) is 4.85. The summed E-state index contributed by atoms with van der Waals surface area (Å²) in [5, 5.41) is 2.97. The first-order valence-corrected chi connectivity index (χ1v) is 6.72. The third-order valence-corrected chi connectivity index (χ3v) is 3.20. The lowest BCUT2D eigenvalue weighted by Crippen LogP contribution is -2.31. The number of hydrogen-bond donors (Lipinski definition) is 1. The number of alkyl halides is 1. The second kappa shape index (κ2) is 7.91. The Kier molecular flexibility index (Phi) is 6.81. The van der Waals surface area contributed by atoms with Crippen LogP contribution in [0, 0.1) is 5.92 Å². The van der Waals surface area contributed by atoms with E-state index in [9.17, 15) is 4.79 Å². The predicted octanol–water partition coefficient (Wildman–Crippen LogP) is 2.33. The third-order valence-electron chi connectivity index (χ3n) is 2.93. The van der Waals surface area contributed by atoms with Crippen LogP contribution in [0.2, 0.25) is 0 Å². The molecule has 1 fully saturated rings. The molecule has 0 aromatic heterocycles. The highest BCUT2D eigenvalue weighted by Crippen LogP contribution is 2.18. The van der Waals surface area contributed by atoms with Gasteiger partial charge in [0.2, 0.25) is 5.91 Å². The SMILES string of the molecule is CC1CC(C(=O)NCCCCCCCl)CO1. The molecular weight excluding hydrogens is 226 g/mol. The number of halogens is 1. The van der Waals surface area contributed by atoms with E-state index in [1.54, 1.807) is 0 Å². The standard InChI is InChI=1S/C12H22ClNO2/c1-10-8-11(9-16-10)12(15)14-7-5-3-2-4-6-13/h10-11H,2-9H2,1H3,(H,14,15). The molecule has 0 radical (unpaired) electrons. The van der Waals surface area contributed by atoms with Gasteiger partial charge in [0.05, 0.1) is 18.6 Å². The van der Waals surface area contributed by atoms with Crippen molar-refractivity contribution in [1.82, 2.24) is 5.32 Å². The zero-order chi connectivity index (χ0) is 11.8. The lowest BCUT2D eigenvalue weighted by atomic mass is 10.1. The van der Waals surface area contributed by atoms with Crippen LogP contribution in [-0.4, -0.2) is 31.0 Å². The van der Waals surface area contributed by atoms with Gasteiger partial charge in [0.15, 0.2) is 0 Å². The smallest absolute Gasteiger partial charge is 0.225 e. The molecule has 0 aromatic rings. The molecule has 94 valence electrons. The van der Waals surface area contributed by atoms with Crippen molar-refractivity contribution in [3.8, 4) is 0 Å². The Morgan fingerprint density at radius 2 is 2.12 bits per heavy atom. The Labute approximate surface area is 103 Å². The summed E-state index contributed by atoms with van der Waals surface area (Å²) in [5.74, 6) is 0.962. The van der Waals surface area contributed by atoms with Gasteiger partial charge >= 0.3 is 0 Å². The Bertz CT molecular complexity index is 211. The zero-order valence-electron chi connectivity index (χ0n) is 10.0. The Hall–Kier alpha value is -0.280. The van der Waals surface area contributed by atoms with E-state index in [-0.39, 0.29) is 17.9 Å². The average molecular weight is 248 g/mol. The number of unbranched alkanes of at least 4 members (excludes halogenated alkanes) is 3. The first kappa shape index (κ1) is 13.8. The lowest BCUT2D eigenvalue weighted by Gasteiger charge is -2.09. The van der Waals surface area contributed by atoms with E-state index in [1.807, 2.05) is 6.92 Å². The van der Waals surface area contributed by atoms with E-state index in [2.05, 4.69) is 5.32 Å². The van der Waals surface area contributed by atoms with Gasteiger partial charge in [-0.15, -0.1) is 11.6 Å². The lowest BCUT2D eigenvalue weighted by molar-refractivity contribution is -0.124. The fourth-order valence-corrected chi connectivity index (χ4v) is 2.12. The molecule has 16 heavy (non-hydrogen) atoms. The summed E-state index contributed by atoms with van der Waals surface area (Å²) in [6.45, 7) is 3.38. The molecule has 1 heterocycles. The molecule has 2 atom stereocenters. The zero-order valence-corrected chi connectivity index (χ0v) is 10.8. The maximum absolute atomic E-state index is 11.7. The van der Waals surface area contributed by atoms with Gasteiger partial charge in [-0.3, -0.25) is 4.79 Å². The van der Waals surface area contributed by atoms with E-state index in [1.165, 1.54) is 0 Å². The van der Waals surface area contributed by atoms with Crippen LogP contribution in [0.5, 0.6) is 0 Å². The minimum Gasteiger partial charge on any atom is -0.378 e. The molecule has 1 aliphatic heterocycles. The number of rotatable bonds is 7. The molecule has 2 unspecified atom stereocenters. The molecule has 4 heteroatoms. The van der Waals surface area contributed by atoms with Gasteiger partial charge in [0, 0.05) is 12.4 Å². The molecule has 1 N–H and O–H groups in total. The van der Waals surface area contributed by atoms with Crippen LogP contribution < -0.4 is 5.32 Å². The molecule has 0 spiro atoms. The van der Waals surface area contributed by atoms with Gasteiger partial charge in [-0.1, -0.05) is 12.8 Å². The fraction of sp³-hybridized carbons (Fsp3) is 0.917. The normalized spacial score (nSPS) is 24.6. The maximum atomic E-state index is 11.7. The quantitative estimate of drug-likeness (QED) is 0.554. The second-order valence-electron chi connectivity index (χ2n) is 4.47. The topological polar surface area (TPSA) is 38.3 Å². The van der Waals surface area contributed by atoms with E-state index in [0.717, 1.165) is 44.5 Å². The predicted molar refractivity (Wildman–Crippen MR) is 65.7 cm³/mol. The van der Waals surface area contributed by atoms with Gasteiger partial charge in [0.25, 0.3) is 0 Å². The average Bonchev–Trinajstić information content (AvgIpc) is 2.70. The van der Waals surface area contributed by atoms with Gasteiger partial charge in [-0.2, -0.15) is 0 Å². The number of carbonyl (C=O) groups excluding carboxylic acids is 1. The highest BCUT2D eigenvalue weighted by Gasteiger charge is 2.27. The van der Waals surface area contributed by atoms with E-state index >= 15 is 0 Å². The molecule has 0 aromatic carbocycles. The van der Waals surface area contributed by atoms with Crippen molar-refractivity contribution in [3.05, 3.63) is 0 Å². The van der Waals surface area contributed by atoms with E-state index in [4.69, 9.17) is 16.3 Å². The number of ether oxygens (including phenoxy) is 1. The summed E-state index contributed by atoms with van der Waals surface area (Å²) in [6.07, 6.45) is 5.51. The number of amides is 1. The molecule has 0 saturated carbocycles. The highest BCUT2D eigenvalue weighted by atomic mass is 35.5. The molecular formula is C12H22ClNO2. The Morgan fingerprint density at radius 1 is 1.38 bits per heavy atom. The monoisotopic (exact) mass is 247 g/mol. The molecule has 1 aliphatic rings. The van der Waals surface area contributed by atoms with Crippen LogP contribution in [0.15, 0.2) is 0 Å². The van der Waals surface area contributed by atoms with Crippen LogP contribution >= 0.6 is 11.6 Å². The van der Waals surface area contributed by atoms with Gasteiger partial charge in [-0.05, 0) is 26.2 Å². The summed E-state index contributed by atoms with van der Waals surface area (Å²) in [6, 6.07) is 0. The van der Waals surface area contributed by atoms with Gasteiger partial charge < -0.3 is 10.1 Å². The third kappa shape index (κ3) is 5.17. The molecule has 1 saturated heterocycles. The van der Waals surface area contributed by atoms with E-state index in [0.29, 0.717) is 6.61 Å². The number of hydrogen-bond acceptors (Lipinski definition) is 2. The van der Waals surface area contributed by atoms with Crippen LogP contribution in [0.1, 0.15) is 39.0 Å². The van der Waals surface area contributed by atoms with Crippen molar-refractivity contribution in [2.75, 3.05) is 19.0 Å². The van der Waals surface area contributed by atoms with Crippen molar-refractivity contribution < 1.29 is 9.53 Å². The van der Waals surface area contributed by atoms with Crippen molar-refractivity contribution in [3.63, 3.8) is 0 Å². The molecule has 3 nitrogen and oxygen atoms in total. The van der Waals surface area contributed by atoms with Crippen molar-refractivity contribution >= 4 is 17.5 Å².